The quantitative estimate of drug-likeness (QED) is 0.501. The molecule has 0 bridgehead atoms. The fraction of sp³-hybridized carbons (Fsp3) is 0.238. The molecule has 0 aromatic heterocycles. The van der Waals surface area contributed by atoms with Crippen molar-refractivity contribution in [3.05, 3.63) is 75.7 Å². The lowest BCUT2D eigenvalue weighted by molar-refractivity contribution is -0.139. The minimum Gasteiger partial charge on any atom is -0.463 e. The Morgan fingerprint density at radius 1 is 1.19 bits per heavy atom. The molecule has 0 radical (unpaired) electrons. The molecular weight excluding hydrogens is 447 g/mol. The smallest absolute Gasteiger partial charge is 0.338 e. The van der Waals surface area contributed by atoms with E-state index >= 15 is 0 Å². The van der Waals surface area contributed by atoms with Crippen molar-refractivity contribution in [2.24, 2.45) is 0 Å². The normalized spacial score (nSPS) is 16.5. The zero-order chi connectivity index (χ0) is 22.8. The first-order chi connectivity index (χ1) is 14.6. The van der Waals surface area contributed by atoms with Crippen molar-refractivity contribution in [2.75, 3.05) is 12.4 Å². The summed E-state index contributed by atoms with van der Waals surface area (Å²) in [6, 6.07) is 8.20. The van der Waals surface area contributed by atoms with Crippen LogP contribution in [0, 0.1) is 12.7 Å². The fourth-order valence-electron chi connectivity index (χ4n) is 3.17. The number of halogens is 2. The molecule has 0 unspecified atom stereocenters. The molecule has 0 spiro atoms. The predicted molar refractivity (Wildman–Crippen MR) is 113 cm³/mol. The Hall–Kier alpha value is -2.91. The van der Waals surface area contributed by atoms with Crippen LogP contribution in [0.5, 0.6) is 0 Å². The molecule has 0 fully saturated rings. The van der Waals surface area contributed by atoms with E-state index in [0.29, 0.717) is 10.6 Å². The highest BCUT2D eigenvalue weighted by atomic mass is 35.5. The van der Waals surface area contributed by atoms with E-state index in [2.05, 4.69) is 10.6 Å². The topological polar surface area (TPSA) is 102 Å². The Morgan fingerprint density at radius 3 is 2.48 bits per heavy atom. The van der Waals surface area contributed by atoms with Gasteiger partial charge in [-0.05, 0) is 55.3 Å². The summed E-state index contributed by atoms with van der Waals surface area (Å²) in [5.41, 5.74) is 0.541. The number of sulfone groups is 1. The summed E-state index contributed by atoms with van der Waals surface area (Å²) in [5, 5.41) is 5.49. The molecule has 2 amide bonds. The van der Waals surface area contributed by atoms with Crippen LogP contribution in [-0.2, 0) is 19.4 Å². The van der Waals surface area contributed by atoms with Crippen molar-refractivity contribution in [2.45, 2.75) is 24.8 Å². The highest BCUT2D eigenvalue weighted by Gasteiger charge is 2.35. The van der Waals surface area contributed by atoms with Gasteiger partial charge < -0.3 is 15.4 Å². The van der Waals surface area contributed by atoms with Gasteiger partial charge in [-0.1, -0.05) is 23.7 Å². The summed E-state index contributed by atoms with van der Waals surface area (Å²) < 4.78 is 44.7. The van der Waals surface area contributed by atoms with Crippen LogP contribution in [0.1, 0.15) is 24.1 Å². The molecule has 1 atom stereocenters. The highest BCUT2D eigenvalue weighted by molar-refractivity contribution is 7.91. The van der Waals surface area contributed by atoms with Crippen LogP contribution in [0.25, 0.3) is 0 Å². The number of aryl methyl sites for hydroxylation is 1. The number of hydrogen-bond acceptors (Lipinski definition) is 5. The van der Waals surface area contributed by atoms with Gasteiger partial charge in [-0.2, -0.15) is 0 Å². The van der Waals surface area contributed by atoms with Gasteiger partial charge in [0.15, 0.2) is 9.84 Å². The van der Waals surface area contributed by atoms with Crippen LogP contribution in [-0.4, -0.2) is 32.8 Å². The van der Waals surface area contributed by atoms with Gasteiger partial charge in [-0.15, -0.1) is 0 Å². The number of carbonyl (C=O) groups excluding carboxylic acids is 2. The molecule has 0 saturated carbocycles. The predicted octanol–water partition coefficient (Wildman–Crippen LogP) is 3.43. The second kappa shape index (κ2) is 9.07. The molecule has 0 saturated heterocycles. The fourth-order valence-corrected chi connectivity index (χ4v) is 4.70. The van der Waals surface area contributed by atoms with Crippen LogP contribution < -0.4 is 10.6 Å². The monoisotopic (exact) mass is 466 g/mol. The van der Waals surface area contributed by atoms with Gasteiger partial charge in [-0.3, -0.25) is 0 Å². The molecule has 1 heterocycles. The van der Waals surface area contributed by atoms with Crippen LogP contribution >= 0.6 is 11.6 Å². The van der Waals surface area contributed by atoms with Crippen LogP contribution in [0.15, 0.2) is 58.6 Å². The number of esters is 1. The Morgan fingerprint density at radius 2 is 1.87 bits per heavy atom. The molecule has 2 aromatic rings. The lowest BCUT2D eigenvalue weighted by Gasteiger charge is -2.29. The van der Waals surface area contributed by atoms with Crippen molar-refractivity contribution in [3.63, 3.8) is 0 Å². The largest absolute Gasteiger partial charge is 0.463 e. The zero-order valence-corrected chi connectivity index (χ0v) is 18.3. The van der Waals surface area contributed by atoms with Gasteiger partial charge in [0.1, 0.15) is 5.82 Å². The van der Waals surface area contributed by atoms with Crippen LogP contribution in [0.2, 0.25) is 5.02 Å². The van der Waals surface area contributed by atoms with Crippen molar-refractivity contribution in [1.29, 1.82) is 0 Å². The van der Waals surface area contributed by atoms with E-state index in [1.165, 1.54) is 13.0 Å². The molecular formula is C21H20ClFN2O5S. The lowest BCUT2D eigenvalue weighted by Crippen LogP contribution is -2.47. The maximum atomic E-state index is 13.6. The third kappa shape index (κ3) is 5.05. The Kier molecular flexibility index (Phi) is 6.66. The molecule has 1 aliphatic heterocycles. The second-order valence-corrected chi connectivity index (χ2v) is 9.29. The van der Waals surface area contributed by atoms with Crippen LogP contribution in [0.3, 0.4) is 0 Å². The summed E-state index contributed by atoms with van der Waals surface area (Å²) in [7, 11) is -4.01. The van der Waals surface area contributed by atoms with Gasteiger partial charge >= 0.3 is 12.0 Å². The first-order valence-corrected chi connectivity index (χ1v) is 11.4. The number of rotatable bonds is 6. The third-order valence-corrected chi connectivity index (χ3v) is 6.57. The average molecular weight is 467 g/mol. The second-order valence-electron chi connectivity index (χ2n) is 6.87. The SMILES string of the molecule is CCOC(=O)C1=C(CS(=O)(=O)c2ccc(F)c(C)c2)NC(=O)N[C@@H]1c1ccc(Cl)cc1. The van der Waals surface area contributed by atoms with Crippen molar-refractivity contribution in [1.82, 2.24) is 10.6 Å². The molecule has 3 rings (SSSR count). The number of hydrogen-bond donors (Lipinski definition) is 2. The van der Waals surface area contributed by atoms with E-state index < -0.39 is 39.4 Å². The maximum absolute atomic E-state index is 13.6. The molecule has 7 nitrogen and oxygen atoms in total. The van der Waals surface area contributed by atoms with E-state index in [-0.39, 0.29) is 28.3 Å². The number of urea groups is 1. The Balaban J connectivity index is 2.10. The van der Waals surface area contributed by atoms with E-state index in [1.807, 2.05) is 0 Å². The number of ether oxygens (including phenoxy) is 1. The first kappa shape index (κ1) is 22.8. The van der Waals surface area contributed by atoms with Crippen molar-refractivity contribution in [3.8, 4) is 0 Å². The molecule has 2 aromatic carbocycles. The number of nitrogens with one attached hydrogen (secondary N) is 2. The highest BCUT2D eigenvalue weighted by Crippen LogP contribution is 2.30. The van der Waals surface area contributed by atoms with Gasteiger partial charge in [-0.25, -0.2) is 22.4 Å². The third-order valence-electron chi connectivity index (χ3n) is 4.68. The molecule has 164 valence electrons. The zero-order valence-electron chi connectivity index (χ0n) is 16.7. The maximum Gasteiger partial charge on any atom is 0.338 e. The van der Waals surface area contributed by atoms with Gasteiger partial charge in [0.2, 0.25) is 0 Å². The minimum atomic E-state index is -4.01. The Labute approximate surface area is 184 Å². The summed E-state index contributed by atoms with van der Waals surface area (Å²) in [5.74, 6) is -1.98. The lowest BCUT2D eigenvalue weighted by atomic mass is 9.95. The summed E-state index contributed by atoms with van der Waals surface area (Å²) >= 11 is 5.93. The van der Waals surface area contributed by atoms with E-state index in [0.717, 1.165) is 12.1 Å². The molecule has 2 N–H and O–H groups in total. The summed E-state index contributed by atoms with van der Waals surface area (Å²) in [4.78, 5) is 24.9. The van der Waals surface area contributed by atoms with Crippen molar-refractivity contribution >= 4 is 33.4 Å². The standard InChI is InChI=1S/C21H20ClFN2O5S/c1-3-30-20(26)18-17(11-31(28,29)15-8-9-16(23)12(2)10-15)24-21(27)25-19(18)13-4-6-14(22)7-5-13/h4-10,19H,3,11H2,1-2H3,(H2,24,25,27)/t19-/m1/s1. The molecule has 0 aliphatic carbocycles. The van der Waals surface area contributed by atoms with Gasteiger partial charge in [0.25, 0.3) is 0 Å². The average Bonchev–Trinajstić information content (AvgIpc) is 2.70. The van der Waals surface area contributed by atoms with E-state index in [9.17, 15) is 22.4 Å². The number of benzene rings is 2. The van der Waals surface area contributed by atoms with E-state index in [1.54, 1.807) is 31.2 Å². The van der Waals surface area contributed by atoms with Gasteiger partial charge in [0.05, 0.1) is 28.9 Å². The summed E-state index contributed by atoms with van der Waals surface area (Å²) in [6.07, 6.45) is 0. The number of carbonyl (C=O) groups is 2. The first-order valence-electron chi connectivity index (χ1n) is 9.34. The summed E-state index contributed by atoms with van der Waals surface area (Å²) in [6.45, 7) is 3.11. The molecule has 1 aliphatic rings. The van der Waals surface area contributed by atoms with Crippen LogP contribution in [0.4, 0.5) is 9.18 Å². The van der Waals surface area contributed by atoms with Crippen molar-refractivity contribution < 1.29 is 27.1 Å². The minimum absolute atomic E-state index is 0.0359. The Bertz CT molecular complexity index is 1160. The number of amides is 2. The molecule has 31 heavy (non-hydrogen) atoms. The van der Waals surface area contributed by atoms with Gasteiger partial charge in [0, 0.05) is 10.7 Å². The molecule has 10 heteroatoms. The van der Waals surface area contributed by atoms with E-state index in [4.69, 9.17) is 16.3 Å².